The van der Waals surface area contributed by atoms with E-state index in [1.54, 1.807) is 11.9 Å². The number of piperidine rings is 1. The predicted octanol–water partition coefficient (Wildman–Crippen LogP) is 5.87. The Kier molecular flexibility index (Phi) is 8.07. The molecule has 1 N–H and O–H groups in total. The smallest absolute Gasteiger partial charge is 0.255 e. The maximum atomic E-state index is 13.7. The maximum absolute atomic E-state index is 13.7. The fraction of sp³-hybridized carbons (Fsp3) is 0.310. The third-order valence-corrected chi connectivity index (χ3v) is 7.05. The molecule has 5 rings (SSSR count). The average molecular weight is 508 g/mol. The zero-order valence-electron chi connectivity index (χ0n) is 20.4. The van der Waals surface area contributed by atoms with E-state index >= 15 is 0 Å². The van der Waals surface area contributed by atoms with Crippen molar-refractivity contribution in [2.24, 2.45) is 0 Å². The second-order valence-electron chi connectivity index (χ2n) is 9.44. The largest absolute Gasteiger partial charge is 0.322 e. The van der Waals surface area contributed by atoms with Crippen LogP contribution in [0.15, 0.2) is 66.7 Å². The highest BCUT2D eigenvalue weighted by atomic mass is 35.5. The number of hydrogen-bond acceptors (Lipinski definition) is 3. The summed E-state index contributed by atoms with van der Waals surface area (Å²) in [5, 5.41) is 3.00. The molecule has 188 valence electrons. The molecule has 0 bridgehead atoms. The Morgan fingerprint density at radius 2 is 1.75 bits per heavy atom. The van der Waals surface area contributed by atoms with Gasteiger partial charge in [0.25, 0.3) is 5.91 Å². The third-order valence-electron chi connectivity index (χ3n) is 7.05. The normalized spacial score (nSPS) is 16.3. The molecule has 7 heteroatoms. The van der Waals surface area contributed by atoms with E-state index in [2.05, 4.69) is 22.3 Å². The Balaban J connectivity index is 0.00000304. The summed E-state index contributed by atoms with van der Waals surface area (Å²) in [6, 6.07) is 21.7. The molecule has 1 fully saturated rings. The average Bonchev–Trinajstić information content (AvgIpc) is 2.88. The molecule has 2 amide bonds. The number of aryl methyl sites for hydroxylation is 1. The lowest BCUT2D eigenvalue weighted by atomic mass is 9.96. The van der Waals surface area contributed by atoms with Crippen molar-refractivity contribution in [1.29, 1.82) is 0 Å². The van der Waals surface area contributed by atoms with E-state index < -0.39 is 6.17 Å². The molecule has 0 aromatic heterocycles. The maximum Gasteiger partial charge on any atom is 0.255 e. The van der Waals surface area contributed by atoms with E-state index in [4.69, 9.17) is 0 Å². The summed E-state index contributed by atoms with van der Waals surface area (Å²) in [6.07, 6.45) is 1.61. The number of likely N-dealkylation sites (tertiary alicyclic amines) is 1. The van der Waals surface area contributed by atoms with Crippen molar-refractivity contribution in [3.05, 3.63) is 83.4 Å². The number of amides is 2. The van der Waals surface area contributed by atoms with Crippen molar-refractivity contribution in [3.8, 4) is 11.1 Å². The van der Waals surface area contributed by atoms with Crippen LogP contribution >= 0.6 is 12.4 Å². The fourth-order valence-electron chi connectivity index (χ4n) is 4.98. The van der Waals surface area contributed by atoms with Gasteiger partial charge >= 0.3 is 0 Å². The Morgan fingerprint density at radius 1 is 1.00 bits per heavy atom. The SMILES string of the molecule is CN1C(=O)CCc2ccc(NC(=O)c3ccc(-c4ccccc4)c(CN4CCC(F)CC4)c3)cc21.Cl. The number of rotatable bonds is 5. The quantitative estimate of drug-likeness (QED) is 0.470. The number of nitrogens with zero attached hydrogens (tertiary/aromatic N) is 2. The highest BCUT2D eigenvalue weighted by molar-refractivity contribution is 6.05. The lowest BCUT2D eigenvalue weighted by Gasteiger charge is -2.29. The number of hydrogen-bond donors (Lipinski definition) is 1. The highest BCUT2D eigenvalue weighted by Gasteiger charge is 2.22. The van der Waals surface area contributed by atoms with E-state index in [1.165, 1.54) is 0 Å². The van der Waals surface area contributed by atoms with Crippen molar-refractivity contribution in [1.82, 2.24) is 4.90 Å². The number of nitrogens with one attached hydrogen (secondary N) is 1. The molecule has 2 aliphatic rings. The molecule has 2 aliphatic heterocycles. The van der Waals surface area contributed by atoms with Crippen LogP contribution in [0.3, 0.4) is 0 Å². The van der Waals surface area contributed by atoms with Crippen LogP contribution in [-0.2, 0) is 17.8 Å². The van der Waals surface area contributed by atoms with Crippen LogP contribution in [0.25, 0.3) is 11.1 Å². The number of alkyl halides is 1. The van der Waals surface area contributed by atoms with Gasteiger partial charge in [-0.2, -0.15) is 0 Å². The van der Waals surface area contributed by atoms with Gasteiger partial charge in [-0.25, -0.2) is 4.39 Å². The molecule has 0 spiro atoms. The van der Waals surface area contributed by atoms with Gasteiger partial charge in [0.15, 0.2) is 0 Å². The number of carbonyl (C=O) groups is 2. The minimum atomic E-state index is -0.720. The van der Waals surface area contributed by atoms with Gasteiger partial charge in [0.05, 0.1) is 0 Å². The van der Waals surface area contributed by atoms with E-state index in [-0.39, 0.29) is 24.2 Å². The van der Waals surface area contributed by atoms with Crippen LogP contribution in [0.2, 0.25) is 0 Å². The van der Waals surface area contributed by atoms with Crippen LogP contribution < -0.4 is 10.2 Å². The lowest BCUT2D eigenvalue weighted by molar-refractivity contribution is -0.118. The molecular weight excluding hydrogens is 477 g/mol. The topological polar surface area (TPSA) is 52.7 Å². The fourth-order valence-corrected chi connectivity index (χ4v) is 4.98. The Hall–Kier alpha value is -3.22. The monoisotopic (exact) mass is 507 g/mol. The first-order chi connectivity index (χ1) is 17.0. The van der Waals surface area contributed by atoms with Crippen molar-refractivity contribution in [3.63, 3.8) is 0 Å². The first-order valence-corrected chi connectivity index (χ1v) is 12.2. The molecule has 2 heterocycles. The summed E-state index contributed by atoms with van der Waals surface area (Å²) in [5.74, 6) is -0.114. The predicted molar refractivity (Wildman–Crippen MR) is 145 cm³/mol. The first kappa shape index (κ1) is 25.9. The number of halogens is 2. The first-order valence-electron chi connectivity index (χ1n) is 12.2. The Labute approximate surface area is 217 Å². The summed E-state index contributed by atoms with van der Waals surface area (Å²) >= 11 is 0. The number of benzene rings is 3. The van der Waals surface area contributed by atoms with Gasteiger partial charge in [0, 0.05) is 50.0 Å². The van der Waals surface area contributed by atoms with Gasteiger partial charge in [0.2, 0.25) is 5.91 Å². The summed E-state index contributed by atoms with van der Waals surface area (Å²) in [6.45, 7) is 2.10. The molecule has 36 heavy (non-hydrogen) atoms. The van der Waals surface area contributed by atoms with Crippen LogP contribution in [0.5, 0.6) is 0 Å². The van der Waals surface area contributed by atoms with Gasteiger partial charge in [-0.05, 0) is 65.8 Å². The summed E-state index contributed by atoms with van der Waals surface area (Å²) in [5.41, 5.74) is 6.41. The van der Waals surface area contributed by atoms with Crippen molar-refractivity contribution in [2.45, 2.75) is 38.4 Å². The van der Waals surface area contributed by atoms with Crippen LogP contribution in [0, 0.1) is 0 Å². The number of anilines is 2. The summed E-state index contributed by atoms with van der Waals surface area (Å²) < 4.78 is 13.7. The van der Waals surface area contributed by atoms with Gasteiger partial charge < -0.3 is 10.2 Å². The van der Waals surface area contributed by atoms with Crippen molar-refractivity contribution in [2.75, 3.05) is 30.4 Å². The molecule has 0 radical (unpaired) electrons. The third kappa shape index (κ3) is 5.61. The number of carbonyl (C=O) groups excluding carboxylic acids is 2. The number of fused-ring (bicyclic) bond motifs is 1. The molecule has 0 unspecified atom stereocenters. The molecule has 5 nitrogen and oxygen atoms in total. The second kappa shape index (κ2) is 11.2. The Morgan fingerprint density at radius 3 is 2.50 bits per heavy atom. The molecule has 0 aliphatic carbocycles. The highest BCUT2D eigenvalue weighted by Crippen LogP contribution is 2.31. The molecule has 3 aromatic rings. The van der Waals surface area contributed by atoms with E-state index in [1.807, 2.05) is 54.6 Å². The zero-order chi connectivity index (χ0) is 24.4. The minimum absolute atomic E-state index is 0. The van der Waals surface area contributed by atoms with E-state index in [0.29, 0.717) is 50.1 Å². The molecule has 0 atom stereocenters. The van der Waals surface area contributed by atoms with Crippen molar-refractivity contribution < 1.29 is 14.0 Å². The van der Waals surface area contributed by atoms with Crippen molar-refractivity contribution >= 4 is 35.6 Å². The Bertz CT molecular complexity index is 1240. The molecular formula is C29H31ClFN3O2. The molecule has 0 saturated carbocycles. The molecule has 3 aromatic carbocycles. The van der Waals surface area contributed by atoms with Crippen LogP contribution in [-0.4, -0.2) is 43.0 Å². The minimum Gasteiger partial charge on any atom is -0.322 e. The van der Waals surface area contributed by atoms with Crippen LogP contribution in [0.1, 0.15) is 40.7 Å². The standard InChI is InChI=1S/C29H30FN3O2.ClH/c1-32-27-18-25(10-7-21(27)9-12-28(32)34)31-29(35)22-8-11-26(20-5-3-2-4-6-20)23(17-22)19-33-15-13-24(30)14-16-33;/h2-8,10-11,17-18,24H,9,12-16,19H2,1H3,(H,31,35);1H. The second-order valence-corrected chi connectivity index (χ2v) is 9.44. The van der Waals surface area contributed by atoms with Gasteiger partial charge in [-0.3, -0.25) is 14.5 Å². The summed E-state index contributed by atoms with van der Waals surface area (Å²) in [4.78, 5) is 29.2. The van der Waals surface area contributed by atoms with Gasteiger partial charge in [-0.1, -0.05) is 42.5 Å². The summed E-state index contributed by atoms with van der Waals surface area (Å²) in [7, 11) is 1.77. The lowest BCUT2D eigenvalue weighted by Crippen LogP contribution is -2.34. The molecule has 1 saturated heterocycles. The van der Waals surface area contributed by atoms with Crippen LogP contribution in [0.4, 0.5) is 15.8 Å². The van der Waals surface area contributed by atoms with Gasteiger partial charge in [-0.15, -0.1) is 12.4 Å². The van der Waals surface area contributed by atoms with E-state index in [0.717, 1.165) is 34.4 Å². The zero-order valence-corrected chi connectivity index (χ0v) is 21.2. The van der Waals surface area contributed by atoms with E-state index in [9.17, 15) is 14.0 Å². The van der Waals surface area contributed by atoms with Gasteiger partial charge in [0.1, 0.15) is 6.17 Å².